The van der Waals surface area contributed by atoms with Crippen LogP contribution in [-0.4, -0.2) is 9.97 Å². The topological polar surface area (TPSA) is 25.8 Å². The monoisotopic (exact) mass is 198 g/mol. The number of hydrogen-bond acceptors (Lipinski definition) is 2. The lowest BCUT2D eigenvalue weighted by atomic mass is 10.3. The summed E-state index contributed by atoms with van der Waals surface area (Å²) in [6.07, 6.45) is 3.18. The molecule has 2 aromatic heterocycles. The fraction of sp³-hybridized carbons (Fsp3) is 0. The van der Waals surface area contributed by atoms with Crippen LogP contribution in [0.1, 0.15) is 0 Å². The molecule has 0 saturated carbocycles. The van der Waals surface area contributed by atoms with Gasteiger partial charge in [0.25, 0.3) is 0 Å². The average molecular weight is 199 g/mol. The second-order valence-corrected chi connectivity index (χ2v) is 3.12. The van der Waals surface area contributed by atoms with E-state index in [-0.39, 0.29) is 0 Å². The first-order chi connectivity index (χ1) is 5.77. The molecule has 0 radical (unpaired) electrons. The number of pyridine rings is 2. The van der Waals surface area contributed by atoms with E-state index in [4.69, 9.17) is 23.2 Å². The first-order valence-electron chi connectivity index (χ1n) is 3.33. The first-order valence-corrected chi connectivity index (χ1v) is 4.09. The molecule has 0 aliphatic heterocycles. The van der Waals surface area contributed by atoms with Gasteiger partial charge in [-0.05, 0) is 12.1 Å². The molecule has 60 valence electrons. The molecule has 12 heavy (non-hydrogen) atoms. The summed E-state index contributed by atoms with van der Waals surface area (Å²) >= 11 is 11.5. The molecule has 2 rings (SSSR count). The molecule has 2 aromatic rings. The maximum absolute atomic E-state index is 5.79. The second-order valence-electron chi connectivity index (χ2n) is 2.33. The molecule has 2 nitrogen and oxygen atoms in total. The van der Waals surface area contributed by atoms with Crippen LogP contribution >= 0.6 is 23.2 Å². The lowest BCUT2D eigenvalue weighted by molar-refractivity contribution is 1.31. The van der Waals surface area contributed by atoms with Gasteiger partial charge in [0.15, 0.2) is 5.15 Å². The smallest absolute Gasteiger partial charge is 0.155 e. The zero-order valence-corrected chi connectivity index (χ0v) is 7.47. The van der Waals surface area contributed by atoms with Gasteiger partial charge in [-0.25, -0.2) is 4.98 Å². The number of hydrogen-bond donors (Lipinski definition) is 0. The van der Waals surface area contributed by atoms with Gasteiger partial charge >= 0.3 is 0 Å². The molecule has 0 aromatic carbocycles. The molecule has 0 saturated heterocycles. The summed E-state index contributed by atoms with van der Waals surface area (Å²) in [4.78, 5) is 7.95. The Hall–Kier alpha value is -0.860. The van der Waals surface area contributed by atoms with Crippen molar-refractivity contribution in [3.8, 4) is 0 Å². The maximum atomic E-state index is 5.79. The van der Waals surface area contributed by atoms with Crippen molar-refractivity contribution < 1.29 is 0 Å². The van der Waals surface area contributed by atoms with Crippen molar-refractivity contribution in [3.05, 3.63) is 34.7 Å². The van der Waals surface area contributed by atoms with Crippen LogP contribution in [0, 0.1) is 0 Å². The summed E-state index contributed by atoms with van der Waals surface area (Å²) in [5.41, 5.74) is 0.684. The molecular formula is C8H4Cl2N2. The van der Waals surface area contributed by atoms with Gasteiger partial charge in [-0.1, -0.05) is 23.2 Å². The van der Waals surface area contributed by atoms with Gasteiger partial charge in [0.2, 0.25) is 0 Å². The summed E-state index contributed by atoms with van der Waals surface area (Å²) in [5, 5.41) is 1.91. The summed E-state index contributed by atoms with van der Waals surface area (Å²) in [6.45, 7) is 0. The molecule has 2 heterocycles. The Kier molecular flexibility index (Phi) is 1.87. The Bertz CT molecular complexity index is 428. The summed E-state index contributed by atoms with van der Waals surface area (Å²) in [5.74, 6) is 0. The summed E-state index contributed by atoms with van der Waals surface area (Å²) in [7, 11) is 0. The molecule has 0 N–H and O–H groups in total. The molecule has 0 unspecified atom stereocenters. The van der Waals surface area contributed by atoms with Crippen molar-refractivity contribution >= 4 is 34.1 Å². The van der Waals surface area contributed by atoms with Crippen molar-refractivity contribution in [2.24, 2.45) is 0 Å². The van der Waals surface area contributed by atoms with Crippen LogP contribution in [0.2, 0.25) is 10.2 Å². The first kappa shape index (κ1) is 7.77. The quantitative estimate of drug-likeness (QED) is 0.609. The zero-order valence-electron chi connectivity index (χ0n) is 5.96. The fourth-order valence-electron chi connectivity index (χ4n) is 0.998. The minimum atomic E-state index is 0.407. The van der Waals surface area contributed by atoms with E-state index >= 15 is 0 Å². The molecule has 0 fully saturated rings. The maximum Gasteiger partial charge on any atom is 0.155 e. The van der Waals surface area contributed by atoms with Crippen molar-refractivity contribution in [3.63, 3.8) is 0 Å². The lowest BCUT2D eigenvalue weighted by Gasteiger charge is -1.97. The Morgan fingerprint density at radius 3 is 2.83 bits per heavy atom. The van der Waals surface area contributed by atoms with Gasteiger partial charge in [-0.3, -0.25) is 4.98 Å². The molecule has 4 heteroatoms. The number of fused-ring (bicyclic) bond motifs is 1. The zero-order chi connectivity index (χ0) is 8.55. The Labute approximate surface area is 79.2 Å². The number of halogens is 2. The van der Waals surface area contributed by atoms with Crippen molar-refractivity contribution in [2.45, 2.75) is 0 Å². The Balaban J connectivity index is 2.86. The highest BCUT2D eigenvalue weighted by Gasteiger charge is 2.00. The van der Waals surface area contributed by atoms with Crippen LogP contribution in [0.15, 0.2) is 24.5 Å². The van der Waals surface area contributed by atoms with E-state index in [1.807, 2.05) is 6.07 Å². The Morgan fingerprint density at radius 2 is 2.00 bits per heavy atom. The normalized spacial score (nSPS) is 10.5. The molecule has 0 aliphatic rings. The van der Waals surface area contributed by atoms with Gasteiger partial charge in [0.05, 0.1) is 5.02 Å². The van der Waals surface area contributed by atoms with Crippen LogP contribution in [0.25, 0.3) is 10.9 Å². The van der Waals surface area contributed by atoms with E-state index in [0.717, 1.165) is 5.39 Å². The van der Waals surface area contributed by atoms with E-state index in [9.17, 15) is 0 Å². The molecule has 0 atom stereocenters. The van der Waals surface area contributed by atoms with Crippen molar-refractivity contribution in [2.75, 3.05) is 0 Å². The lowest BCUT2D eigenvalue weighted by Crippen LogP contribution is -1.82. The van der Waals surface area contributed by atoms with E-state index in [2.05, 4.69) is 9.97 Å². The van der Waals surface area contributed by atoms with E-state index < -0.39 is 0 Å². The molecule has 0 spiro atoms. The number of aromatic nitrogens is 2. The predicted octanol–water partition coefficient (Wildman–Crippen LogP) is 2.94. The summed E-state index contributed by atoms with van der Waals surface area (Å²) in [6, 6.07) is 3.62. The number of rotatable bonds is 0. The number of nitrogens with zero attached hydrogens (tertiary/aromatic N) is 2. The van der Waals surface area contributed by atoms with Crippen LogP contribution in [0.4, 0.5) is 0 Å². The van der Waals surface area contributed by atoms with Gasteiger partial charge < -0.3 is 0 Å². The summed E-state index contributed by atoms with van der Waals surface area (Å²) < 4.78 is 0. The fourth-order valence-corrected chi connectivity index (χ4v) is 1.38. The largest absolute Gasteiger partial charge is 0.251 e. The predicted molar refractivity (Wildman–Crippen MR) is 49.6 cm³/mol. The molecule has 0 amide bonds. The van der Waals surface area contributed by atoms with Gasteiger partial charge in [0.1, 0.15) is 5.52 Å². The van der Waals surface area contributed by atoms with E-state index in [0.29, 0.717) is 15.7 Å². The molecular weight excluding hydrogens is 195 g/mol. The van der Waals surface area contributed by atoms with E-state index in [1.165, 1.54) is 0 Å². The van der Waals surface area contributed by atoms with Crippen LogP contribution in [0.3, 0.4) is 0 Å². The van der Waals surface area contributed by atoms with E-state index in [1.54, 1.807) is 18.5 Å². The Morgan fingerprint density at radius 1 is 1.17 bits per heavy atom. The average Bonchev–Trinajstić information content (AvgIpc) is 2.04. The van der Waals surface area contributed by atoms with Crippen molar-refractivity contribution in [1.82, 2.24) is 9.97 Å². The highest BCUT2D eigenvalue weighted by molar-refractivity contribution is 6.34. The third-order valence-corrected chi connectivity index (χ3v) is 2.00. The third-order valence-electron chi connectivity index (χ3n) is 1.52. The third kappa shape index (κ3) is 1.24. The molecule has 0 aliphatic carbocycles. The minimum absolute atomic E-state index is 0.407. The van der Waals surface area contributed by atoms with Crippen LogP contribution in [-0.2, 0) is 0 Å². The highest BCUT2D eigenvalue weighted by Crippen LogP contribution is 2.20. The highest BCUT2D eigenvalue weighted by atomic mass is 35.5. The van der Waals surface area contributed by atoms with Crippen molar-refractivity contribution in [1.29, 1.82) is 0 Å². The standard InChI is InChI=1S/C8H4Cl2N2/c9-6-3-5-1-2-11-8(10)7(5)12-4-6/h1-4H. The van der Waals surface area contributed by atoms with Gasteiger partial charge in [0, 0.05) is 17.8 Å². The van der Waals surface area contributed by atoms with Gasteiger partial charge in [-0.15, -0.1) is 0 Å². The van der Waals surface area contributed by atoms with Crippen LogP contribution in [0.5, 0.6) is 0 Å². The van der Waals surface area contributed by atoms with Crippen LogP contribution < -0.4 is 0 Å². The minimum Gasteiger partial charge on any atom is -0.251 e. The second kappa shape index (κ2) is 2.88. The van der Waals surface area contributed by atoms with Gasteiger partial charge in [-0.2, -0.15) is 0 Å². The molecule has 0 bridgehead atoms. The SMILES string of the molecule is Clc1cnc2c(Cl)nccc2c1.